The number of carboxylic acid groups (broad SMARTS) is 1. The number of benzene rings is 1. The highest BCUT2D eigenvalue weighted by molar-refractivity contribution is 6.33. The Hall–Kier alpha value is -1.26. The monoisotopic (exact) mass is 283 g/mol. The topological polar surface area (TPSA) is 58.6 Å². The molecule has 1 aliphatic heterocycles. The molecule has 104 valence electrons. The maximum atomic E-state index is 10.9. The first-order chi connectivity index (χ1) is 9.08. The van der Waals surface area contributed by atoms with Gasteiger partial charge in [-0.05, 0) is 37.5 Å². The number of hydrogen-bond acceptors (Lipinski definition) is 3. The van der Waals surface area contributed by atoms with Gasteiger partial charge in [0.25, 0.3) is 0 Å². The van der Waals surface area contributed by atoms with E-state index in [0.717, 1.165) is 31.7 Å². The second-order valence-corrected chi connectivity index (χ2v) is 5.22. The lowest BCUT2D eigenvalue weighted by atomic mass is 10.0. The van der Waals surface area contributed by atoms with Crippen molar-refractivity contribution in [3.8, 4) is 0 Å². The van der Waals surface area contributed by atoms with E-state index < -0.39 is 11.9 Å². The summed E-state index contributed by atoms with van der Waals surface area (Å²) in [5.41, 5.74) is 1.53. The van der Waals surface area contributed by atoms with Gasteiger partial charge in [-0.2, -0.15) is 0 Å². The van der Waals surface area contributed by atoms with Gasteiger partial charge in [-0.3, -0.25) is 4.79 Å². The zero-order valence-electron chi connectivity index (χ0n) is 10.9. The Balaban J connectivity index is 2.00. The van der Waals surface area contributed by atoms with Crippen LogP contribution in [0.25, 0.3) is 0 Å². The fourth-order valence-corrected chi connectivity index (χ4v) is 2.37. The molecule has 0 aromatic heterocycles. The van der Waals surface area contributed by atoms with Crippen molar-refractivity contribution < 1.29 is 14.6 Å². The summed E-state index contributed by atoms with van der Waals surface area (Å²) in [5, 5.41) is 12.8. The van der Waals surface area contributed by atoms with Gasteiger partial charge in [0.1, 0.15) is 0 Å². The van der Waals surface area contributed by atoms with Crippen LogP contribution in [0.5, 0.6) is 0 Å². The number of nitrogens with one attached hydrogen (secondary N) is 1. The van der Waals surface area contributed by atoms with Crippen LogP contribution in [0.3, 0.4) is 0 Å². The Morgan fingerprint density at radius 2 is 2.42 bits per heavy atom. The largest absolute Gasteiger partial charge is 0.481 e. The summed E-state index contributed by atoms with van der Waals surface area (Å²) >= 11 is 6.17. The molecule has 0 bridgehead atoms. The Labute approximate surface area is 117 Å². The quantitative estimate of drug-likeness (QED) is 0.872. The van der Waals surface area contributed by atoms with Crippen molar-refractivity contribution in [2.45, 2.75) is 31.8 Å². The molecule has 1 fully saturated rings. The minimum atomic E-state index is -0.851. The summed E-state index contributed by atoms with van der Waals surface area (Å²) in [7, 11) is 0. The maximum absolute atomic E-state index is 10.9. The predicted molar refractivity (Wildman–Crippen MR) is 75.0 cm³/mol. The molecule has 1 saturated heterocycles. The first-order valence-electron chi connectivity index (χ1n) is 6.45. The third-order valence-electron chi connectivity index (χ3n) is 3.41. The lowest BCUT2D eigenvalue weighted by molar-refractivity contribution is -0.138. The number of carboxylic acids is 1. The van der Waals surface area contributed by atoms with Gasteiger partial charge in [0.05, 0.1) is 22.7 Å². The van der Waals surface area contributed by atoms with Crippen LogP contribution >= 0.6 is 11.6 Å². The molecule has 2 unspecified atom stereocenters. The summed E-state index contributed by atoms with van der Waals surface area (Å²) in [4.78, 5) is 10.9. The van der Waals surface area contributed by atoms with Crippen molar-refractivity contribution in [3.05, 3.63) is 28.8 Å². The lowest BCUT2D eigenvalue weighted by Crippen LogP contribution is -2.18. The van der Waals surface area contributed by atoms with Gasteiger partial charge in [0, 0.05) is 13.2 Å². The van der Waals surface area contributed by atoms with Gasteiger partial charge in [-0.15, -0.1) is 0 Å². The van der Waals surface area contributed by atoms with Crippen molar-refractivity contribution in [1.29, 1.82) is 0 Å². The molecule has 5 heteroatoms. The minimum Gasteiger partial charge on any atom is -0.481 e. The molecule has 2 N–H and O–H groups in total. The number of rotatable bonds is 5. The molecule has 1 heterocycles. The third kappa shape index (κ3) is 3.61. The van der Waals surface area contributed by atoms with Gasteiger partial charge >= 0.3 is 5.97 Å². The Kier molecular flexibility index (Phi) is 4.66. The zero-order chi connectivity index (χ0) is 13.8. The first-order valence-corrected chi connectivity index (χ1v) is 6.83. The fraction of sp³-hybridized carbons (Fsp3) is 0.500. The molecule has 4 nitrogen and oxygen atoms in total. The molecule has 1 aromatic rings. The summed E-state index contributed by atoms with van der Waals surface area (Å²) in [6.07, 6.45) is 2.42. The highest BCUT2D eigenvalue weighted by atomic mass is 35.5. The molecule has 2 atom stereocenters. The molecule has 0 radical (unpaired) electrons. The van der Waals surface area contributed by atoms with Crippen LogP contribution in [0.2, 0.25) is 5.02 Å². The Morgan fingerprint density at radius 3 is 3.00 bits per heavy atom. The number of halogens is 1. The zero-order valence-corrected chi connectivity index (χ0v) is 11.6. The number of anilines is 1. The van der Waals surface area contributed by atoms with Crippen molar-refractivity contribution >= 4 is 23.3 Å². The molecular weight excluding hydrogens is 266 g/mol. The Bertz CT molecular complexity index is 458. The maximum Gasteiger partial charge on any atom is 0.310 e. The van der Waals surface area contributed by atoms with Crippen molar-refractivity contribution in [2.75, 3.05) is 18.5 Å². The molecular formula is C14H18ClNO3. The predicted octanol–water partition coefficient (Wildman–Crippen LogP) is 3.12. The van der Waals surface area contributed by atoms with E-state index in [1.807, 2.05) is 6.07 Å². The number of hydrogen-bond donors (Lipinski definition) is 2. The molecule has 0 amide bonds. The average Bonchev–Trinajstić information content (AvgIpc) is 2.89. The minimum absolute atomic E-state index is 0.244. The van der Waals surface area contributed by atoms with E-state index in [-0.39, 0.29) is 6.10 Å². The molecule has 1 aromatic carbocycles. The average molecular weight is 284 g/mol. The summed E-state index contributed by atoms with van der Waals surface area (Å²) in [5.74, 6) is -1.40. The van der Waals surface area contributed by atoms with Gasteiger partial charge in [0.2, 0.25) is 0 Å². The fourth-order valence-electron chi connectivity index (χ4n) is 2.12. The van der Waals surface area contributed by atoms with E-state index >= 15 is 0 Å². The number of aliphatic carboxylic acids is 1. The first kappa shape index (κ1) is 14.2. The molecule has 1 aliphatic rings. The smallest absolute Gasteiger partial charge is 0.310 e. The SMILES string of the molecule is CC(C(=O)O)c1ccc(NCC2CCCO2)c(Cl)c1. The highest BCUT2D eigenvalue weighted by Crippen LogP contribution is 2.27. The van der Waals surface area contributed by atoms with Crippen LogP contribution in [0.1, 0.15) is 31.2 Å². The summed E-state index contributed by atoms with van der Waals surface area (Å²) in [6, 6.07) is 5.33. The van der Waals surface area contributed by atoms with Gasteiger partial charge in [-0.1, -0.05) is 17.7 Å². The van der Waals surface area contributed by atoms with Gasteiger partial charge in [-0.25, -0.2) is 0 Å². The van der Waals surface area contributed by atoms with Crippen LogP contribution in [-0.2, 0) is 9.53 Å². The molecule has 19 heavy (non-hydrogen) atoms. The Morgan fingerprint density at radius 1 is 1.63 bits per heavy atom. The third-order valence-corrected chi connectivity index (χ3v) is 3.72. The van der Waals surface area contributed by atoms with Crippen molar-refractivity contribution in [1.82, 2.24) is 0 Å². The second kappa shape index (κ2) is 6.26. The standard InChI is InChI=1S/C14H18ClNO3/c1-9(14(17)18)10-4-5-13(12(15)7-10)16-8-11-3-2-6-19-11/h4-5,7,9,11,16H,2-3,6,8H2,1H3,(H,17,18). The van der Waals surface area contributed by atoms with Crippen LogP contribution in [-0.4, -0.2) is 30.3 Å². The van der Waals surface area contributed by atoms with E-state index in [9.17, 15) is 4.79 Å². The summed E-state index contributed by atoms with van der Waals surface area (Å²) < 4.78 is 5.52. The van der Waals surface area contributed by atoms with Gasteiger partial charge < -0.3 is 15.2 Å². The molecule has 2 rings (SSSR count). The lowest BCUT2D eigenvalue weighted by Gasteiger charge is -2.14. The number of ether oxygens (including phenoxy) is 1. The van der Waals surface area contributed by atoms with Gasteiger partial charge in [0.15, 0.2) is 0 Å². The highest BCUT2D eigenvalue weighted by Gasteiger charge is 2.17. The molecule has 0 saturated carbocycles. The second-order valence-electron chi connectivity index (χ2n) is 4.82. The van der Waals surface area contributed by atoms with E-state index in [0.29, 0.717) is 10.6 Å². The molecule has 0 spiro atoms. The van der Waals surface area contributed by atoms with E-state index in [1.54, 1.807) is 19.1 Å². The van der Waals surface area contributed by atoms with E-state index in [1.165, 1.54) is 0 Å². The molecule has 0 aliphatic carbocycles. The van der Waals surface area contributed by atoms with E-state index in [4.69, 9.17) is 21.4 Å². The number of carbonyl (C=O) groups is 1. The van der Waals surface area contributed by atoms with Crippen LogP contribution in [0.4, 0.5) is 5.69 Å². The van der Waals surface area contributed by atoms with Crippen LogP contribution in [0.15, 0.2) is 18.2 Å². The summed E-state index contributed by atoms with van der Waals surface area (Å²) in [6.45, 7) is 3.20. The normalized spacial score (nSPS) is 20.2. The van der Waals surface area contributed by atoms with Crippen LogP contribution < -0.4 is 5.32 Å². The van der Waals surface area contributed by atoms with Crippen molar-refractivity contribution in [2.24, 2.45) is 0 Å². The van der Waals surface area contributed by atoms with Crippen LogP contribution in [0, 0.1) is 0 Å². The van der Waals surface area contributed by atoms with E-state index in [2.05, 4.69) is 5.32 Å². The van der Waals surface area contributed by atoms with Crippen molar-refractivity contribution in [3.63, 3.8) is 0 Å².